The van der Waals surface area contributed by atoms with E-state index in [1.807, 2.05) is 0 Å². The van der Waals surface area contributed by atoms with Gasteiger partial charge in [0.2, 0.25) is 0 Å². The highest BCUT2D eigenvalue weighted by atomic mass is 16.3. The van der Waals surface area contributed by atoms with Crippen LogP contribution in [0.1, 0.15) is 53.4 Å². The quantitative estimate of drug-likeness (QED) is 0.752. The fraction of sp³-hybridized carbons (Fsp3) is 1.00. The van der Waals surface area contributed by atoms with Gasteiger partial charge < -0.3 is 10.4 Å². The van der Waals surface area contributed by atoms with E-state index in [9.17, 15) is 5.11 Å². The Kier molecular flexibility index (Phi) is 4.60. The van der Waals surface area contributed by atoms with Gasteiger partial charge >= 0.3 is 0 Å². The number of hydrogen-bond donors (Lipinski definition) is 2. The Morgan fingerprint density at radius 2 is 2.00 bits per heavy atom. The van der Waals surface area contributed by atoms with Crippen LogP contribution in [0.5, 0.6) is 0 Å². The zero-order valence-corrected chi connectivity index (χ0v) is 10.7. The maximum absolute atomic E-state index is 10.8. The van der Waals surface area contributed by atoms with Crippen LogP contribution in [0, 0.1) is 11.8 Å². The lowest BCUT2D eigenvalue weighted by Crippen LogP contribution is -2.56. The summed E-state index contributed by atoms with van der Waals surface area (Å²) in [5.74, 6) is 1.04. The highest BCUT2D eigenvalue weighted by Crippen LogP contribution is 2.40. The van der Waals surface area contributed by atoms with E-state index in [2.05, 4.69) is 33.0 Å². The summed E-state index contributed by atoms with van der Waals surface area (Å²) in [7, 11) is 0. The Morgan fingerprint density at radius 3 is 2.53 bits per heavy atom. The SMILES string of the molecule is CCNC(C)C1(O)CCCCC1C(C)C. The van der Waals surface area contributed by atoms with Gasteiger partial charge in [0.1, 0.15) is 0 Å². The predicted molar refractivity (Wildman–Crippen MR) is 64.9 cm³/mol. The largest absolute Gasteiger partial charge is 0.388 e. The molecule has 3 atom stereocenters. The first-order chi connectivity index (χ1) is 7.02. The molecule has 0 aromatic rings. The van der Waals surface area contributed by atoms with Crippen molar-refractivity contribution >= 4 is 0 Å². The van der Waals surface area contributed by atoms with E-state index in [-0.39, 0.29) is 6.04 Å². The van der Waals surface area contributed by atoms with Crippen LogP contribution in [0.2, 0.25) is 0 Å². The number of aliphatic hydroxyl groups is 1. The Labute approximate surface area is 94.5 Å². The molecular weight excluding hydrogens is 186 g/mol. The second-order valence-electron chi connectivity index (χ2n) is 5.37. The van der Waals surface area contributed by atoms with Crippen LogP contribution in [0.3, 0.4) is 0 Å². The monoisotopic (exact) mass is 213 g/mol. The van der Waals surface area contributed by atoms with Gasteiger partial charge in [0.05, 0.1) is 5.60 Å². The Morgan fingerprint density at radius 1 is 1.33 bits per heavy atom. The Bertz CT molecular complexity index is 193. The summed E-state index contributed by atoms with van der Waals surface area (Å²) in [6.45, 7) is 9.64. The summed E-state index contributed by atoms with van der Waals surface area (Å²) in [6, 6.07) is 0.218. The number of hydrogen-bond acceptors (Lipinski definition) is 2. The molecule has 2 nitrogen and oxygen atoms in total. The molecule has 0 aromatic carbocycles. The van der Waals surface area contributed by atoms with E-state index in [1.54, 1.807) is 0 Å². The lowest BCUT2D eigenvalue weighted by molar-refractivity contribution is -0.0883. The molecule has 1 saturated carbocycles. The van der Waals surface area contributed by atoms with Gasteiger partial charge in [0.25, 0.3) is 0 Å². The topological polar surface area (TPSA) is 32.3 Å². The molecule has 0 spiro atoms. The second kappa shape index (κ2) is 5.31. The molecule has 2 heteroatoms. The summed E-state index contributed by atoms with van der Waals surface area (Å²) >= 11 is 0. The summed E-state index contributed by atoms with van der Waals surface area (Å²) in [5.41, 5.74) is -0.484. The van der Waals surface area contributed by atoms with Crippen molar-refractivity contribution in [2.75, 3.05) is 6.54 Å². The molecule has 3 unspecified atom stereocenters. The smallest absolute Gasteiger partial charge is 0.0827 e. The molecule has 0 bridgehead atoms. The third-order valence-corrected chi connectivity index (χ3v) is 4.05. The van der Waals surface area contributed by atoms with Crippen LogP contribution < -0.4 is 5.32 Å². The summed E-state index contributed by atoms with van der Waals surface area (Å²) < 4.78 is 0. The average molecular weight is 213 g/mol. The number of nitrogens with one attached hydrogen (secondary N) is 1. The van der Waals surface area contributed by atoms with Gasteiger partial charge in [0.15, 0.2) is 0 Å². The van der Waals surface area contributed by atoms with Gasteiger partial charge in [0, 0.05) is 6.04 Å². The van der Waals surface area contributed by atoms with Crippen molar-refractivity contribution in [1.29, 1.82) is 0 Å². The fourth-order valence-corrected chi connectivity index (χ4v) is 3.14. The first-order valence-corrected chi connectivity index (χ1v) is 6.48. The normalized spacial score (nSPS) is 34.4. The predicted octanol–water partition coefficient (Wildman–Crippen LogP) is 2.56. The van der Waals surface area contributed by atoms with Crippen LogP contribution in [-0.4, -0.2) is 23.3 Å². The molecule has 0 radical (unpaired) electrons. The van der Waals surface area contributed by atoms with E-state index >= 15 is 0 Å². The molecule has 1 fully saturated rings. The van der Waals surface area contributed by atoms with Crippen molar-refractivity contribution in [3.63, 3.8) is 0 Å². The highest BCUT2D eigenvalue weighted by molar-refractivity contribution is 4.98. The van der Waals surface area contributed by atoms with Crippen molar-refractivity contribution in [3.8, 4) is 0 Å². The first-order valence-electron chi connectivity index (χ1n) is 6.48. The zero-order valence-electron chi connectivity index (χ0n) is 10.7. The van der Waals surface area contributed by atoms with Crippen LogP contribution in [0.25, 0.3) is 0 Å². The zero-order chi connectivity index (χ0) is 11.5. The van der Waals surface area contributed by atoms with Crippen LogP contribution >= 0.6 is 0 Å². The van der Waals surface area contributed by atoms with Crippen molar-refractivity contribution in [1.82, 2.24) is 5.32 Å². The van der Waals surface area contributed by atoms with E-state index in [0.717, 1.165) is 13.0 Å². The van der Waals surface area contributed by atoms with Crippen LogP contribution in [0.4, 0.5) is 0 Å². The number of rotatable bonds is 4. The molecule has 2 N–H and O–H groups in total. The van der Waals surface area contributed by atoms with E-state index in [1.165, 1.54) is 19.3 Å². The molecule has 90 valence electrons. The summed E-state index contributed by atoms with van der Waals surface area (Å²) in [4.78, 5) is 0. The Hall–Kier alpha value is -0.0800. The van der Waals surface area contributed by atoms with E-state index in [4.69, 9.17) is 0 Å². The van der Waals surface area contributed by atoms with Crippen LogP contribution in [0.15, 0.2) is 0 Å². The molecule has 0 amide bonds. The summed E-state index contributed by atoms with van der Waals surface area (Å²) in [6.07, 6.45) is 4.60. The standard InChI is InChI=1S/C13H27NO/c1-5-14-11(4)13(15)9-7-6-8-12(13)10(2)3/h10-12,14-15H,5-9H2,1-4H3. The molecule has 0 aliphatic heterocycles. The maximum atomic E-state index is 10.8. The summed E-state index contributed by atoms with van der Waals surface area (Å²) in [5, 5.41) is 14.2. The first kappa shape index (κ1) is 13.0. The minimum Gasteiger partial charge on any atom is -0.388 e. The van der Waals surface area contributed by atoms with Crippen LogP contribution in [-0.2, 0) is 0 Å². The molecular formula is C13H27NO. The molecule has 0 heterocycles. The van der Waals surface area contributed by atoms with Gasteiger partial charge in [-0.2, -0.15) is 0 Å². The lowest BCUT2D eigenvalue weighted by atomic mass is 9.67. The fourth-order valence-electron chi connectivity index (χ4n) is 3.14. The molecule has 1 aliphatic carbocycles. The minimum absolute atomic E-state index is 0.218. The molecule has 15 heavy (non-hydrogen) atoms. The Balaban J connectivity index is 2.75. The minimum atomic E-state index is -0.484. The van der Waals surface area contributed by atoms with Crippen molar-refractivity contribution in [3.05, 3.63) is 0 Å². The third kappa shape index (κ3) is 2.73. The molecule has 0 aromatic heterocycles. The van der Waals surface area contributed by atoms with Crippen molar-refractivity contribution in [2.24, 2.45) is 11.8 Å². The van der Waals surface area contributed by atoms with Crippen molar-refractivity contribution < 1.29 is 5.11 Å². The molecule has 1 aliphatic rings. The molecule has 1 rings (SSSR count). The van der Waals surface area contributed by atoms with Gasteiger partial charge in [-0.3, -0.25) is 0 Å². The van der Waals surface area contributed by atoms with Gasteiger partial charge in [-0.25, -0.2) is 0 Å². The van der Waals surface area contributed by atoms with Gasteiger partial charge in [-0.15, -0.1) is 0 Å². The van der Waals surface area contributed by atoms with E-state index < -0.39 is 5.60 Å². The third-order valence-electron chi connectivity index (χ3n) is 4.05. The highest BCUT2D eigenvalue weighted by Gasteiger charge is 2.44. The molecule has 0 saturated heterocycles. The maximum Gasteiger partial charge on any atom is 0.0827 e. The lowest BCUT2D eigenvalue weighted by Gasteiger charge is -2.46. The number of likely N-dealkylation sites (N-methyl/N-ethyl adjacent to an activating group) is 1. The van der Waals surface area contributed by atoms with Crippen molar-refractivity contribution in [2.45, 2.75) is 65.0 Å². The second-order valence-corrected chi connectivity index (χ2v) is 5.37. The van der Waals surface area contributed by atoms with Gasteiger partial charge in [-0.05, 0) is 38.1 Å². The van der Waals surface area contributed by atoms with E-state index in [0.29, 0.717) is 11.8 Å². The van der Waals surface area contributed by atoms with Gasteiger partial charge in [-0.1, -0.05) is 33.6 Å². The average Bonchev–Trinajstić information content (AvgIpc) is 2.18.